The van der Waals surface area contributed by atoms with Gasteiger partial charge in [0.2, 0.25) is 17.7 Å². The number of carbonyl (C=O) groups excluding carboxylic acids is 3. The summed E-state index contributed by atoms with van der Waals surface area (Å²) >= 11 is 6.26. The number of carbonyl (C=O) groups is 3. The summed E-state index contributed by atoms with van der Waals surface area (Å²) in [5.41, 5.74) is -1.48. The van der Waals surface area contributed by atoms with Crippen LogP contribution in [-0.4, -0.2) is 64.2 Å². The highest BCUT2D eigenvalue weighted by molar-refractivity contribution is 6.33. The van der Waals surface area contributed by atoms with Crippen molar-refractivity contribution in [1.29, 1.82) is 0 Å². The number of likely N-dealkylation sites (tertiary alicyclic amines) is 1. The van der Waals surface area contributed by atoms with Gasteiger partial charge in [-0.25, -0.2) is 0 Å². The Bertz CT molecular complexity index is 958. The number of aliphatic hydroxyl groups is 1. The fraction of sp³-hybridized carbons (Fsp3) is 0.625. The van der Waals surface area contributed by atoms with Crippen molar-refractivity contribution < 1.29 is 24.2 Å². The molecule has 3 heterocycles. The molecule has 0 aromatic heterocycles. The van der Waals surface area contributed by atoms with Crippen LogP contribution in [-0.2, 0) is 19.1 Å². The number of amides is 3. The van der Waals surface area contributed by atoms with Crippen LogP contribution in [0.4, 0.5) is 5.69 Å². The largest absolute Gasteiger partial charge is 0.394 e. The van der Waals surface area contributed by atoms with Crippen LogP contribution >= 0.6 is 11.6 Å². The molecule has 3 amide bonds. The highest BCUT2D eigenvalue weighted by Gasteiger charge is 2.78. The number of para-hydroxylation sites is 1. The molecular formula is C24H32ClN3O5. The molecule has 180 valence electrons. The number of fused-ring (bicyclic) bond motifs is 1. The molecule has 2 unspecified atom stereocenters. The lowest BCUT2D eigenvalue weighted by molar-refractivity contribution is -0.148. The van der Waals surface area contributed by atoms with Crippen molar-refractivity contribution >= 4 is 35.0 Å². The Balaban J connectivity index is 1.76. The topological polar surface area (TPSA) is 108 Å². The van der Waals surface area contributed by atoms with Crippen molar-refractivity contribution in [3.63, 3.8) is 0 Å². The lowest BCUT2D eigenvalue weighted by Crippen LogP contribution is -2.55. The van der Waals surface area contributed by atoms with Gasteiger partial charge in [0.05, 0.1) is 40.8 Å². The average Bonchev–Trinajstić information content (AvgIpc) is 3.42. The molecule has 1 aromatic rings. The zero-order valence-corrected chi connectivity index (χ0v) is 20.0. The van der Waals surface area contributed by atoms with E-state index in [1.54, 1.807) is 31.2 Å². The third kappa shape index (κ3) is 3.54. The molecule has 4 rings (SSSR count). The minimum absolute atomic E-state index is 0.206. The quantitative estimate of drug-likeness (QED) is 0.532. The fourth-order valence-electron chi connectivity index (χ4n) is 6.04. The number of hydrogen-bond donors (Lipinski definition) is 3. The van der Waals surface area contributed by atoms with Gasteiger partial charge in [-0.2, -0.15) is 0 Å². The number of nitrogens with one attached hydrogen (secondary N) is 2. The van der Waals surface area contributed by atoms with Crippen LogP contribution in [0.25, 0.3) is 0 Å². The predicted molar refractivity (Wildman–Crippen MR) is 124 cm³/mol. The van der Waals surface area contributed by atoms with E-state index in [2.05, 4.69) is 10.6 Å². The van der Waals surface area contributed by atoms with Gasteiger partial charge in [0.15, 0.2) is 0 Å². The van der Waals surface area contributed by atoms with E-state index in [1.807, 2.05) is 13.8 Å². The summed E-state index contributed by atoms with van der Waals surface area (Å²) in [7, 11) is 0. The molecular weight excluding hydrogens is 446 g/mol. The maximum Gasteiger partial charge on any atom is 0.250 e. The molecule has 6 atom stereocenters. The van der Waals surface area contributed by atoms with Gasteiger partial charge in [-0.3, -0.25) is 14.4 Å². The number of halogens is 1. The normalized spacial score (nSPS) is 33.2. The van der Waals surface area contributed by atoms with Crippen molar-refractivity contribution in [2.45, 2.75) is 69.7 Å². The molecule has 2 bridgehead atoms. The first-order valence-corrected chi connectivity index (χ1v) is 12.1. The number of hydrogen-bond acceptors (Lipinski definition) is 5. The zero-order chi connectivity index (χ0) is 24.0. The smallest absolute Gasteiger partial charge is 0.250 e. The van der Waals surface area contributed by atoms with Crippen molar-refractivity contribution in [1.82, 2.24) is 10.2 Å². The standard InChI is InChI=1S/C24H32ClN3O5/c1-4-12-26-20(30)17-18-22(32)28(14(3)13-29)19(24(18)11-10-23(17,5-2)33-24)21(31)27-16-9-7-6-8-15(16)25/h6-9,14,17-19,29H,4-5,10-13H2,1-3H3,(H,26,30)(H,27,31)/t14-,17+,18+,19?,23-,24?/m1/s1. The molecule has 3 saturated heterocycles. The summed E-state index contributed by atoms with van der Waals surface area (Å²) in [5.74, 6) is -2.41. The second kappa shape index (κ2) is 8.89. The monoisotopic (exact) mass is 477 g/mol. The average molecular weight is 478 g/mol. The van der Waals surface area contributed by atoms with Gasteiger partial charge in [-0.05, 0) is 44.7 Å². The Morgan fingerprint density at radius 1 is 1.27 bits per heavy atom. The van der Waals surface area contributed by atoms with Crippen LogP contribution in [0.15, 0.2) is 24.3 Å². The van der Waals surface area contributed by atoms with E-state index in [1.165, 1.54) is 4.90 Å². The summed E-state index contributed by atoms with van der Waals surface area (Å²) in [6.45, 7) is 5.82. The van der Waals surface area contributed by atoms with E-state index in [0.29, 0.717) is 36.5 Å². The van der Waals surface area contributed by atoms with E-state index in [4.69, 9.17) is 16.3 Å². The van der Waals surface area contributed by atoms with Crippen LogP contribution in [0.3, 0.4) is 0 Å². The maximum atomic E-state index is 13.8. The molecule has 33 heavy (non-hydrogen) atoms. The Kier molecular flexibility index (Phi) is 6.46. The van der Waals surface area contributed by atoms with Crippen LogP contribution in [0, 0.1) is 11.8 Å². The minimum Gasteiger partial charge on any atom is -0.394 e. The number of aliphatic hydroxyl groups excluding tert-OH is 1. The molecule has 1 spiro atoms. The van der Waals surface area contributed by atoms with E-state index in [9.17, 15) is 19.5 Å². The number of ether oxygens (including phenoxy) is 1. The van der Waals surface area contributed by atoms with E-state index in [0.717, 1.165) is 6.42 Å². The summed E-state index contributed by atoms with van der Waals surface area (Å²) < 4.78 is 6.63. The molecule has 0 radical (unpaired) electrons. The number of anilines is 1. The van der Waals surface area contributed by atoms with E-state index in [-0.39, 0.29) is 18.4 Å². The van der Waals surface area contributed by atoms with Crippen molar-refractivity contribution in [2.75, 3.05) is 18.5 Å². The number of benzene rings is 1. The summed E-state index contributed by atoms with van der Waals surface area (Å²) in [6.07, 6.45) is 2.43. The predicted octanol–water partition coefficient (Wildman–Crippen LogP) is 2.34. The second-order valence-corrected chi connectivity index (χ2v) is 9.78. The Morgan fingerprint density at radius 2 is 2.00 bits per heavy atom. The molecule has 3 N–H and O–H groups in total. The molecule has 3 aliphatic heterocycles. The molecule has 3 fully saturated rings. The summed E-state index contributed by atoms with van der Waals surface area (Å²) in [4.78, 5) is 42.2. The molecule has 9 heteroatoms. The van der Waals surface area contributed by atoms with Gasteiger partial charge in [-0.1, -0.05) is 37.6 Å². The SMILES string of the molecule is CCCNC(=O)[C@@H]1[C@H]2C(=O)N([C@H](C)CO)C(C(=O)Nc3ccccc3Cl)C23CC[C@@]1(CC)O3. The molecule has 8 nitrogen and oxygen atoms in total. The van der Waals surface area contributed by atoms with Crippen molar-refractivity contribution in [2.24, 2.45) is 11.8 Å². The maximum absolute atomic E-state index is 13.8. The van der Waals surface area contributed by atoms with Crippen molar-refractivity contribution in [3.05, 3.63) is 29.3 Å². The highest BCUT2D eigenvalue weighted by atomic mass is 35.5. The van der Waals surface area contributed by atoms with E-state index >= 15 is 0 Å². The van der Waals surface area contributed by atoms with E-state index < -0.39 is 41.0 Å². The fourth-order valence-corrected chi connectivity index (χ4v) is 6.22. The zero-order valence-electron chi connectivity index (χ0n) is 19.3. The second-order valence-electron chi connectivity index (χ2n) is 9.37. The van der Waals surface area contributed by atoms with Crippen LogP contribution < -0.4 is 10.6 Å². The van der Waals surface area contributed by atoms with Crippen LogP contribution in [0.1, 0.15) is 46.5 Å². The van der Waals surface area contributed by atoms with Gasteiger partial charge in [0.1, 0.15) is 11.6 Å². The summed E-state index contributed by atoms with van der Waals surface area (Å²) in [5, 5.41) is 16.1. The molecule has 0 saturated carbocycles. The van der Waals surface area contributed by atoms with Gasteiger partial charge in [-0.15, -0.1) is 0 Å². The molecule has 0 aliphatic carbocycles. The van der Waals surface area contributed by atoms with Gasteiger partial charge < -0.3 is 25.4 Å². The van der Waals surface area contributed by atoms with Gasteiger partial charge in [0.25, 0.3) is 0 Å². The van der Waals surface area contributed by atoms with Crippen molar-refractivity contribution in [3.8, 4) is 0 Å². The lowest BCUT2D eigenvalue weighted by Gasteiger charge is -2.36. The Hall–Kier alpha value is -2.16. The highest BCUT2D eigenvalue weighted by Crippen LogP contribution is 2.64. The molecule has 3 aliphatic rings. The van der Waals surface area contributed by atoms with Crippen LogP contribution in [0.2, 0.25) is 5.02 Å². The molecule has 1 aromatic carbocycles. The first-order valence-electron chi connectivity index (χ1n) is 11.7. The van der Waals surface area contributed by atoms with Crippen LogP contribution in [0.5, 0.6) is 0 Å². The number of nitrogens with zero attached hydrogens (tertiary/aromatic N) is 1. The third-order valence-electron chi connectivity index (χ3n) is 7.57. The first kappa shape index (κ1) is 24.0. The summed E-state index contributed by atoms with van der Waals surface area (Å²) in [6, 6.07) is 5.29. The van der Waals surface area contributed by atoms with Gasteiger partial charge >= 0.3 is 0 Å². The Morgan fingerprint density at radius 3 is 2.64 bits per heavy atom. The van der Waals surface area contributed by atoms with Gasteiger partial charge in [0, 0.05) is 6.54 Å². The lowest BCUT2D eigenvalue weighted by atomic mass is 9.65. The minimum atomic E-state index is -1.13. The number of rotatable bonds is 8. The Labute approximate surface area is 199 Å². The first-order chi connectivity index (χ1) is 15.8. The third-order valence-corrected chi connectivity index (χ3v) is 7.90.